The summed E-state index contributed by atoms with van der Waals surface area (Å²) in [6.07, 6.45) is -0.240. The largest absolute Gasteiger partial charge is 0.489 e. The van der Waals surface area contributed by atoms with Gasteiger partial charge in [-0.15, -0.1) is 0 Å². The van der Waals surface area contributed by atoms with Crippen LogP contribution >= 0.6 is 0 Å². The fraction of sp³-hybridized carbons (Fsp3) is 0.222. The third-order valence-corrected chi connectivity index (χ3v) is 7.96. The molecular formula is C36H33FN2O5. The summed E-state index contributed by atoms with van der Waals surface area (Å²) >= 11 is 0. The van der Waals surface area contributed by atoms with Gasteiger partial charge in [0.15, 0.2) is 0 Å². The van der Waals surface area contributed by atoms with Crippen LogP contribution in [0.3, 0.4) is 0 Å². The van der Waals surface area contributed by atoms with Gasteiger partial charge in [0.05, 0.1) is 24.2 Å². The molecule has 1 aliphatic heterocycles. The zero-order chi connectivity index (χ0) is 30.8. The van der Waals surface area contributed by atoms with E-state index in [1.54, 1.807) is 31.2 Å². The summed E-state index contributed by atoms with van der Waals surface area (Å²) in [4.78, 5) is 28.8. The summed E-state index contributed by atoms with van der Waals surface area (Å²) in [5.74, 6) is 0.290. The highest BCUT2D eigenvalue weighted by Crippen LogP contribution is 2.33. The van der Waals surface area contributed by atoms with Crippen LogP contribution in [0.5, 0.6) is 11.5 Å². The summed E-state index contributed by atoms with van der Waals surface area (Å²) in [6.45, 7) is 4.83. The first-order valence-corrected chi connectivity index (χ1v) is 14.5. The number of halogens is 1. The predicted molar refractivity (Wildman–Crippen MR) is 167 cm³/mol. The molecule has 0 fully saturated rings. The number of benzene rings is 4. The van der Waals surface area contributed by atoms with Crippen molar-refractivity contribution in [3.8, 4) is 11.5 Å². The first-order chi connectivity index (χ1) is 21.3. The van der Waals surface area contributed by atoms with E-state index in [1.807, 2.05) is 68.6 Å². The number of aromatic nitrogens is 1. The Kier molecular flexibility index (Phi) is 8.07. The van der Waals surface area contributed by atoms with E-state index in [0.717, 1.165) is 22.6 Å². The summed E-state index contributed by atoms with van der Waals surface area (Å²) in [5, 5.41) is 0.503. The lowest BCUT2D eigenvalue weighted by atomic mass is 10.1. The van der Waals surface area contributed by atoms with Crippen LogP contribution in [0.2, 0.25) is 0 Å². The molecule has 5 aromatic rings. The van der Waals surface area contributed by atoms with E-state index >= 15 is 0 Å². The second-order valence-corrected chi connectivity index (χ2v) is 11.1. The highest BCUT2D eigenvalue weighted by atomic mass is 19.1. The monoisotopic (exact) mass is 592 g/mol. The Labute approximate surface area is 255 Å². The fourth-order valence-corrected chi connectivity index (χ4v) is 5.71. The molecule has 4 aromatic carbocycles. The molecule has 0 unspecified atom stereocenters. The molecule has 1 atom stereocenters. The zero-order valence-electron chi connectivity index (χ0n) is 24.9. The highest BCUT2D eigenvalue weighted by Gasteiger charge is 2.25. The molecule has 1 aromatic heterocycles. The van der Waals surface area contributed by atoms with Crippen LogP contribution in [-0.4, -0.2) is 42.7 Å². The Bertz CT molecular complexity index is 1850. The number of fused-ring (bicyclic) bond motifs is 2. The molecule has 0 amide bonds. The molecule has 1 aliphatic rings. The van der Waals surface area contributed by atoms with Gasteiger partial charge in [0.1, 0.15) is 36.6 Å². The molecule has 0 aliphatic carbocycles. The highest BCUT2D eigenvalue weighted by molar-refractivity contribution is 6.04. The maximum absolute atomic E-state index is 14.4. The smallest absolute Gasteiger partial charge is 0.310 e. The first kappa shape index (κ1) is 29.0. The summed E-state index contributed by atoms with van der Waals surface area (Å²) in [6, 6.07) is 26.8. The lowest BCUT2D eigenvalue weighted by molar-refractivity contribution is -0.144. The van der Waals surface area contributed by atoms with Gasteiger partial charge in [-0.3, -0.25) is 14.2 Å². The lowest BCUT2D eigenvalue weighted by Crippen LogP contribution is -2.41. The summed E-state index contributed by atoms with van der Waals surface area (Å²) in [5.41, 5.74) is 4.80. The molecule has 0 spiro atoms. The van der Waals surface area contributed by atoms with Crippen LogP contribution < -0.4 is 14.4 Å². The SMILES string of the molecule is Cc1cc(C(=O)n2c(C)c(CC(=O)OCc3ccccc3)c3cc(F)ccc32)ccc1OC[C@@H]1CN(C)c2ccccc2O1. The quantitative estimate of drug-likeness (QED) is 0.188. The summed E-state index contributed by atoms with van der Waals surface area (Å²) < 4.78 is 33.6. The topological polar surface area (TPSA) is 70.0 Å². The number of nitrogens with zero attached hydrogens (tertiary/aromatic N) is 2. The fourth-order valence-electron chi connectivity index (χ4n) is 5.71. The van der Waals surface area contributed by atoms with Crippen molar-refractivity contribution in [2.24, 2.45) is 0 Å². The van der Waals surface area contributed by atoms with Crippen molar-refractivity contribution in [1.29, 1.82) is 0 Å². The van der Waals surface area contributed by atoms with Crippen LogP contribution in [-0.2, 0) is 22.6 Å². The number of hydrogen-bond donors (Lipinski definition) is 0. The molecule has 7 nitrogen and oxygen atoms in total. The molecule has 6 rings (SSSR count). The number of esters is 1. The average molecular weight is 593 g/mol. The number of carbonyl (C=O) groups is 2. The van der Waals surface area contributed by atoms with E-state index in [9.17, 15) is 14.0 Å². The molecule has 0 N–H and O–H groups in total. The molecule has 8 heteroatoms. The lowest BCUT2D eigenvalue weighted by Gasteiger charge is -2.33. The summed E-state index contributed by atoms with van der Waals surface area (Å²) in [7, 11) is 2.03. The Morgan fingerprint density at radius 2 is 1.73 bits per heavy atom. The van der Waals surface area contributed by atoms with E-state index in [1.165, 1.54) is 16.7 Å². The molecule has 224 valence electrons. The molecular weight excluding hydrogens is 559 g/mol. The minimum absolute atomic E-state index is 0.0897. The van der Waals surface area contributed by atoms with Gasteiger partial charge >= 0.3 is 5.97 Å². The number of rotatable bonds is 8. The standard InChI is InChI=1S/C36H33FN2O5/c1-23-17-26(13-16-33(23)42-22-28-20-38(3)32-11-7-8-12-34(32)44-28)36(41)39-24(2)29(30-18-27(37)14-15-31(30)39)19-35(40)43-21-25-9-5-4-6-10-25/h4-18,28H,19-22H2,1-3H3/t28-/m0/s1. The van der Waals surface area contributed by atoms with Gasteiger partial charge in [0.2, 0.25) is 0 Å². The number of anilines is 1. The number of aryl methyl sites for hydroxylation is 1. The molecule has 0 bridgehead atoms. The maximum Gasteiger partial charge on any atom is 0.310 e. The van der Waals surface area contributed by atoms with E-state index in [4.69, 9.17) is 14.2 Å². The number of hydrogen-bond acceptors (Lipinski definition) is 6. The second-order valence-electron chi connectivity index (χ2n) is 11.1. The molecule has 2 heterocycles. The van der Waals surface area contributed by atoms with Crippen LogP contribution in [0.15, 0.2) is 91.0 Å². The van der Waals surface area contributed by atoms with E-state index in [-0.39, 0.29) is 25.0 Å². The van der Waals surface area contributed by atoms with Crippen LogP contribution in [0.1, 0.15) is 32.7 Å². The van der Waals surface area contributed by atoms with Crippen molar-refractivity contribution >= 4 is 28.5 Å². The van der Waals surface area contributed by atoms with E-state index < -0.39 is 11.8 Å². The van der Waals surface area contributed by atoms with Gasteiger partial charge in [-0.25, -0.2) is 4.39 Å². The zero-order valence-corrected chi connectivity index (χ0v) is 24.9. The van der Waals surface area contributed by atoms with Crippen molar-refractivity contribution in [3.63, 3.8) is 0 Å². The minimum Gasteiger partial charge on any atom is -0.489 e. The van der Waals surface area contributed by atoms with Crippen molar-refractivity contribution in [2.45, 2.75) is 33.0 Å². The second kappa shape index (κ2) is 12.2. The van der Waals surface area contributed by atoms with Gasteiger partial charge in [-0.05, 0) is 79.1 Å². The molecule has 44 heavy (non-hydrogen) atoms. The molecule has 0 saturated carbocycles. The van der Waals surface area contributed by atoms with Crippen LogP contribution in [0, 0.1) is 19.7 Å². The van der Waals surface area contributed by atoms with Crippen molar-refractivity contribution in [2.75, 3.05) is 25.1 Å². The third-order valence-electron chi connectivity index (χ3n) is 7.96. The Morgan fingerprint density at radius 3 is 2.52 bits per heavy atom. The number of ether oxygens (including phenoxy) is 3. The van der Waals surface area contributed by atoms with Gasteiger partial charge in [-0.2, -0.15) is 0 Å². The van der Waals surface area contributed by atoms with Gasteiger partial charge in [0.25, 0.3) is 5.91 Å². The van der Waals surface area contributed by atoms with Crippen LogP contribution in [0.4, 0.5) is 10.1 Å². The normalized spacial score (nSPS) is 14.2. The third kappa shape index (κ3) is 5.88. The number of carbonyl (C=O) groups excluding carboxylic acids is 2. The predicted octanol–water partition coefficient (Wildman–Crippen LogP) is 6.65. The molecule has 0 saturated heterocycles. The average Bonchev–Trinajstić information content (AvgIpc) is 3.29. The minimum atomic E-state index is -0.457. The van der Waals surface area contributed by atoms with Gasteiger partial charge in [0, 0.05) is 23.7 Å². The molecule has 0 radical (unpaired) electrons. The number of para-hydroxylation sites is 2. The van der Waals surface area contributed by atoms with Gasteiger partial charge in [-0.1, -0.05) is 42.5 Å². The Morgan fingerprint density at radius 1 is 0.955 bits per heavy atom. The number of likely N-dealkylation sites (N-methyl/N-ethyl adjacent to an activating group) is 1. The van der Waals surface area contributed by atoms with Crippen molar-refractivity contribution in [1.82, 2.24) is 4.57 Å². The van der Waals surface area contributed by atoms with Gasteiger partial charge < -0.3 is 19.1 Å². The van der Waals surface area contributed by atoms with E-state index in [0.29, 0.717) is 46.6 Å². The van der Waals surface area contributed by atoms with Crippen molar-refractivity contribution in [3.05, 3.63) is 125 Å². The van der Waals surface area contributed by atoms with Crippen LogP contribution in [0.25, 0.3) is 10.9 Å². The Balaban J connectivity index is 1.19. The first-order valence-electron chi connectivity index (χ1n) is 14.5. The van der Waals surface area contributed by atoms with E-state index in [2.05, 4.69) is 4.90 Å². The Hall–Kier alpha value is -5.11. The van der Waals surface area contributed by atoms with Crippen molar-refractivity contribution < 1.29 is 28.2 Å². The maximum atomic E-state index is 14.4.